The van der Waals surface area contributed by atoms with Gasteiger partial charge >= 0.3 is 0 Å². The van der Waals surface area contributed by atoms with Gasteiger partial charge in [-0.2, -0.15) is 0 Å². The van der Waals surface area contributed by atoms with E-state index >= 15 is 0 Å². The van der Waals surface area contributed by atoms with Crippen molar-refractivity contribution in [2.24, 2.45) is 0 Å². The Labute approximate surface area is 97.5 Å². The highest BCUT2D eigenvalue weighted by atomic mass is 16.2. The lowest BCUT2D eigenvalue weighted by Gasteiger charge is -2.18. The van der Waals surface area contributed by atoms with Gasteiger partial charge in [0.05, 0.1) is 6.54 Å². The Balaban J connectivity index is 2.75. The van der Waals surface area contributed by atoms with Crippen molar-refractivity contribution in [3.05, 3.63) is 29.3 Å². The first-order valence-electron chi connectivity index (χ1n) is 5.60. The van der Waals surface area contributed by atoms with Crippen LogP contribution in [0.15, 0.2) is 18.2 Å². The van der Waals surface area contributed by atoms with Crippen molar-refractivity contribution in [3.8, 4) is 0 Å². The van der Waals surface area contributed by atoms with Gasteiger partial charge in [0, 0.05) is 12.7 Å². The molecule has 0 unspecified atom stereocenters. The third-order valence-electron chi connectivity index (χ3n) is 2.78. The lowest BCUT2D eigenvalue weighted by molar-refractivity contribution is -0.117. The van der Waals surface area contributed by atoms with E-state index in [1.807, 2.05) is 32.2 Å². The zero-order valence-corrected chi connectivity index (χ0v) is 10.5. The van der Waals surface area contributed by atoms with Crippen molar-refractivity contribution < 1.29 is 4.79 Å². The minimum absolute atomic E-state index is 0.0881. The Morgan fingerprint density at radius 2 is 2.00 bits per heavy atom. The monoisotopic (exact) mass is 220 g/mol. The minimum atomic E-state index is 0.0881. The molecule has 16 heavy (non-hydrogen) atoms. The van der Waals surface area contributed by atoms with Gasteiger partial charge in [-0.15, -0.1) is 0 Å². The standard InChI is InChI=1S/C13H20N2O/c1-5-14-9-13(16)15(4)12-7-6-10(2)11(3)8-12/h6-8,14H,5,9H2,1-4H3. The molecule has 0 fully saturated rings. The van der Waals surface area contributed by atoms with Gasteiger partial charge in [0.2, 0.25) is 5.91 Å². The van der Waals surface area contributed by atoms with Crippen LogP contribution in [0.25, 0.3) is 0 Å². The van der Waals surface area contributed by atoms with Gasteiger partial charge in [-0.1, -0.05) is 13.0 Å². The number of aryl methyl sites for hydroxylation is 2. The number of carbonyl (C=O) groups excluding carboxylic acids is 1. The summed E-state index contributed by atoms with van der Waals surface area (Å²) in [5.41, 5.74) is 3.41. The molecule has 0 heterocycles. The number of anilines is 1. The largest absolute Gasteiger partial charge is 0.314 e. The van der Waals surface area contributed by atoms with E-state index in [2.05, 4.69) is 19.2 Å². The van der Waals surface area contributed by atoms with Gasteiger partial charge in [0.1, 0.15) is 0 Å². The molecule has 1 N–H and O–H groups in total. The second kappa shape index (κ2) is 5.66. The molecule has 0 atom stereocenters. The first kappa shape index (κ1) is 12.7. The average Bonchev–Trinajstić information content (AvgIpc) is 2.28. The predicted octanol–water partition coefficient (Wildman–Crippen LogP) is 1.88. The van der Waals surface area contributed by atoms with Crippen molar-refractivity contribution in [1.29, 1.82) is 0 Å². The summed E-state index contributed by atoms with van der Waals surface area (Å²) < 4.78 is 0. The third-order valence-corrected chi connectivity index (χ3v) is 2.78. The molecular formula is C13H20N2O. The van der Waals surface area contributed by atoms with Crippen LogP contribution in [0.2, 0.25) is 0 Å². The summed E-state index contributed by atoms with van der Waals surface area (Å²) in [4.78, 5) is 13.5. The first-order chi connectivity index (χ1) is 7.56. The summed E-state index contributed by atoms with van der Waals surface area (Å²) in [6, 6.07) is 6.06. The number of carbonyl (C=O) groups is 1. The Morgan fingerprint density at radius 1 is 1.31 bits per heavy atom. The molecule has 1 aromatic carbocycles. The smallest absolute Gasteiger partial charge is 0.240 e. The lowest BCUT2D eigenvalue weighted by Crippen LogP contribution is -2.35. The number of nitrogens with zero attached hydrogens (tertiary/aromatic N) is 1. The van der Waals surface area contributed by atoms with Crippen LogP contribution in [-0.4, -0.2) is 26.0 Å². The Kier molecular flexibility index (Phi) is 4.50. The average molecular weight is 220 g/mol. The molecule has 0 bridgehead atoms. The Morgan fingerprint density at radius 3 is 2.56 bits per heavy atom. The number of benzene rings is 1. The first-order valence-corrected chi connectivity index (χ1v) is 5.60. The summed E-state index contributed by atoms with van der Waals surface area (Å²) in [5.74, 6) is 0.0881. The van der Waals surface area contributed by atoms with Crippen LogP contribution < -0.4 is 10.2 Å². The topological polar surface area (TPSA) is 32.3 Å². The number of nitrogens with one attached hydrogen (secondary N) is 1. The summed E-state index contributed by atoms with van der Waals surface area (Å²) >= 11 is 0. The van der Waals surface area contributed by atoms with Crippen molar-refractivity contribution in [1.82, 2.24) is 5.32 Å². The van der Waals surface area contributed by atoms with E-state index in [0.29, 0.717) is 6.54 Å². The minimum Gasteiger partial charge on any atom is -0.314 e. The molecule has 0 aliphatic heterocycles. The molecule has 1 amide bonds. The molecular weight excluding hydrogens is 200 g/mol. The molecule has 3 heteroatoms. The lowest BCUT2D eigenvalue weighted by atomic mass is 10.1. The number of likely N-dealkylation sites (N-methyl/N-ethyl adjacent to an activating group) is 2. The molecule has 0 aromatic heterocycles. The van der Waals surface area contributed by atoms with E-state index in [1.165, 1.54) is 11.1 Å². The molecule has 0 aliphatic carbocycles. The summed E-state index contributed by atoms with van der Waals surface area (Å²) in [5, 5.41) is 3.03. The SMILES string of the molecule is CCNCC(=O)N(C)c1ccc(C)c(C)c1. The van der Waals surface area contributed by atoms with E-state index in [4.69, 9.17) is 0 Å². The fourth-order valence-corrected chi connectivity index (χ4v) is 1.43. The maximum Gasteiger partial charge on any atom is 0.240 e. The van der Waals surface area contributed by atoms with Gasteiger partial charge in [0.25, 0.3) is 0 Å². The summed E-state index contributed by atoms with van der Waals surface area (Å²) in [6.45, 7) is 7.32. The summed E-state index contributed by atoms with van der Waals surface area (Å²) in [7, 11) is 1.81. The van der Waals surface area contributed by atoms with Crippen LogP contribution >= 0.6 is 0 Å². The van der Waals surface area contributed by atoms with E-state index in [0.717, 1.165) is 12.2 Å². The second-order valence-corrected chi connectivity index (χ2v) is 4.00. The van der Waals surface area contributed by atoms with Crippen LogP contribution in [0.3, 0.4) is 0 Å². The zero-order valence-electron chi connectivity index (χ0n) is 10.5. The summed E-state index contributed by atoms with van der Waals surface area (Å²) in [6.07, 6.45) is 0. The van der Waals surface area contributed by atoms with Crippen LogP contribution in [-0.2, 0) is 4.79 Å². The van der Waals surface area contributed by atoms with E-state index in [1.54, 1.807) is 4.90 Å². The Hall–Kier alpha value is -1.35. The Bertz CT molecular complexity index is 374. The van der Waals surface area contributed by atoms with Crippen molar-refractivity contribution in [2.75, 3.05) is 25.0 Å². The molecule has 0 spiro atoms. The van der Waals surface area contributed by atoms with Gasteiger partial charge in [-0.05, 0) is 43.7 Å². The van der Waals surface area contributed by atoms with Crippen LogP contribution in [0.4, 0.5) is 5.69 Å². The second-order valence-electron chi connectivity index (χ2n) is 4.00. The predicted molar refractivity (Wildman–Crippen MR) is 67.9 cm³/mol. The highest BCUT2D eigenvalue weighted by Gasteiger charge is 2.10. The maximum atomic E-state index is 11.8. The fourth-order valence-electron chi connectivity index (χ4n) is 1.43. The highest BCUT2D eigenvalue weighted by Crippen LogP contribution is 2.17. The molecule has 0 saturated carbocycles. The van der Waals surface area contributed by atoms with Gasteiger partial charge < -0.3 is 10.2 Å². The molecule has 1 aromatic rings. The van der Waals surface area contributed by atoms with Crippen molar-refractivity contribution in [2.45, 2.75) is 20.8 Å². The molecule has 88 valence electrons. The van der Waals surface area contributed by atoms with E-state index in [-0.39, 0.29) is 5.91 Å². The van der Waals surface area contributed by atoms with E-state index in [9.17, 15) is 4.79 Å². The number of hydrogen-bond donors (Lipinski definition) is 1. The molecule has 0 saturated heterocycles. The highest BCUT2D eigenvalue weighted by molar-refractivity contribution is 5.94. The number of amides is 1. The fraction of sp³-hybridized carbons (Fsp3) is 0.462. The third kappa shape index (κ3) is 3.07. The number of rotatable bonds is 4. The number of hydrogen-bond acceptors (Lipinski definition) is 2. The molecule has 3 nitrogen and oxygen atoms in total. The molecule has 1 rings (SSSR count). The van der Waals surface area contributed by atoms with Gasteiger partial charge in [-0.3, -0.25) is 4.79 Å². The van der Waals surface area contributed by atoms with E-state index < -0.39 is 0 Å². The van der Waals surface area contributed by atoms with Crippen LogP contribution in [0, 0.1) is 13.8 Å². The molecule has 0 aliphatic rings. The normalized spacial score (nSPS) is 10.2. The van der Waals surface area contributed by atoms with Crippen molar-refractivity contribution in [3.63, 3.8) is 0 Å². The van der Waals surface area contributed by atoms with Crippen molar-refractivity contribution >= 4 is 11.6 Å². The van der Waals surface area contributed by atoms with Gasteiger partial charge in [0.15, 0.2) is 0 Å². The molecule has 0 radical (unpaired) electrons. The van der Waals surface area contributed by atoms with Gasteiger partial charge in [-0.25, -0.2) is 0 Å². The maximum absolute atomic E-state index is 11.8. The van der Waals surface area contributed by atoms with Crippen LogP contribution in [0.1, 0.15) is 18.1 Å². The van der Waals surface area contributed by atoms with Crippen LogP contribution in [0.5, 0.6) is 0 Å². The quantitative estimate of drug-likeness (QED) is 0.840. The zero-order chi connectivity index (χ0) is 12.1.